The third-order valence-electron chi connectivity index (χ3n) is 5.05. The van der Waals surface area contributed by atoms with Gasteiger partial charge in [0, 0.05) is 15.6 Å². The van der Waals surface area contributed by atoms with Crippen LogP contribution in [0.1, 0.15) is 11.8 Å². The van der Waals surface area contributed by atoms with Crippen LogP contribution in [0.5, 0.6) is 0 Å². The number of nitrogens with one attached hydrogen (secondary N) is 1. The maximum atomic E-state index is 12.7. The van der Waals surface area contributed by atoms with E-state index >= 15 is 0 Å². The number of rotatable bonds is 6. The Morgan fingerprint density at radius 2 is 1.90 bits per heavy atom. The van der Waals surface area contributed by atoms with Gasteiger partial charge < -0.3 is 54.6 Å². The zero-order valence-corrected chi connectivity index (χ0v) is 26.7. The first kappa shape index (κ1) is 36.2. The number of aliphatic hydroxyl groups excluding tert-OH is 2. The summed E-state index contributed by atoms with van der Waals surface area (Å²) in [4.78, 5) is 49.1. The number of aromatic nitrogens is 4. The largest absolute Gasteiger partial charge is 1.00 e. The maximum absolute atomic E-state index is 12.7. The van der Waals surface area contributed by atoms with Crippen molar-refractivity contribution in [3.8, 4) is 0 Å². The molecule has 1 fully saturated rings. The molecule has 16 nitrogen and oxygen atoms in total. The van der Waals surface area contributed by atoms with Crippen LogP contribution in [0.4, 0.5) is 10.7 Å². The molecule has 0 saturated carbocycles. The predicted octanol–water partition coefficient (Wildman–Crippen LogP) is -8.69. The molecule has 4 rings (SSSR count). The van der Waals surface area contributed by atoms with Crippen molar-refractivity contribution in [2.24, 2.45) is 0 Å². The average Bonchev–Trinajstić information content (AvgIpc) is 3.26. The summed E-state index contributed by atoms with van der Waals surface area (Å²) in [7, 11) is -5.33. The number of phosphoric ester groups is 1. The SMILES string of the molecule is Nc1nc2c(c(=O)[nH]1)n(Cc1cc(Cl)ccc1Cl)c[n+]2[C@@H]1O[C@H](COP(=O)([O-])[O-])[C@@H](O)[C@H]1O.O=C([O-])O.[Na+].[Na+]. The molecule has 2 aromatic heterocycles. The second-order valence-electron chi connectivity index (χ2n) is 7.56. The van der Waals surface area contributed by atoms with Crippen molar-refractivity contribution in [2.75, 3.05) is 12.3 Å². The number of aromatic amines is 1. The normalized spacial score (nSPS) is 20.5. The van der Waals surface area contributed by atoms with Crippen LogP contribution in [0, 0.1) is 0 Å². The fourth-order valence-electron chi connectivity index (χ4n) is 3.59. The summed E-state index contributed by atoms with van der Waals surface area (Å²) in [6.07, 6.45) is -6.56. The fraction of sp³-hybridized carbons (Fsp3) is 0.333. The van der Waals surface area contributed by atoms with E-state index in [9.17, 15) is 29.4 Å². The Balaban J connectivity index is 0.00000119. The molecule has 3 aromatic rings. The van der Waals surface area contributed by atoms with E-state index in [0.717, 1.165) is 0 Å². The van der Waals surface area contributed by atoms with E-state index in [-0.39, 0.29) is 82.8 Å². The standard InChI is InChI=1S/C17H18Cl2N5O8P.CH2O3.2Na/c18-8-1-2-9(19)7(3-8)4-23-6-24(14-11(23)15(27)22-17(20)21-14)16-13(26)12(25)10(32-16)5-31-33(28,29)30;2-1(3)4;;/h1-3,6,10,12-13,16,25-26H,4-5H2,(H4-,20,21,22,27,28,29,30);(H2,2,3,4);;/q;;2*+1/p-2/t10-,12-,13-,16-;;;/m1.../s1. The van der Waals surface area contributed by atoms with Crippen LogP contribution < -0.4 is 89.9 Å². The molecule has 0 bridgehead atoms. The van der Waals surface area contributed by atoms with Crippen molar-refractivity contribution >= 4 is 54.3 Å². The maximum Gasteiger partial charge on any atom is 1.00 e. The van der Waals surface area contributed by atoms with Crippen LogP contribution in [-0.2, 0) is 20.4 Å². The van der Waals surface area contributed by atoms with Crippen molar-refractivity contribution in [3.63, 3.8) is 0 Å². The number of aliphatic hydroxyl groups is 2. The van der Waals surface area contributed by atoms with Gasteiger partial charge in [0.1, 0.15) is 18.3 Å². The summed E-state index contributed by atoms with van der Waals surface area (Å²) in [5.41, 5.74) is 5.71. The van der Waals surface area contributed by atoms with E-state index in [1.54, 1.807) is 18.2 Å². The van der Waals surface area contributed by atoms with Gasteiger partial charge in [-0.3, -0.25) is 14.3 Å². The molecule has 1 saturated heterocycles. The van der Waals surface area contributed by atoms with Crippen LogP contribution in [0.25, 0.3) is 11.2 Å². The van der Waals surface area contributed by atoms with E-state index < -0.39 is 50.7 Å². The Kier molecular flexibility index (Phi) is 13.9. The smallest absolute Gasteiger partial charge is 0.790 e. The van der Waals surface area contributed by atoms with Gasteiger partial charge in [-0.05, 0) is 18.2 Å². The Hall–Kier alpha value is -0.790. The second-order valence-corrected chi connectivity index (χ2v) is 9.56. The number of nitrogens with two attached hydrogens (primary N) is 1. The first-order valence-corrected chi connectivity index (χ1v) is 12.2. The van der Waals surface area contributed by atoms with Crippen molar-refractivity contribution in [1.82, 2.24) is 14.5 Å². The van der Waals surface area contributed by atoms with Crippen molar-refractivity contribution in [1.29, 1.82) is 0 Å². The summed E-state index contributed by atoms with van der Waals surface area (Å²) in [5.74, 6) is -0.216. The molecule has 1 aliphatic rings. The molecule has 6 N–H and O–H groups in total. The van der Waals surface area contributed by atoms with E-state index in [2.05, 4.69) is 14.5 Å². The first-order valence-electron chi connectivity index (χ1n) is 9.99. The fourth-order valence-corrected chi connectivity index (χ4v) is 4.29. The van der Waals surface area contributed by atoms with Crippen LogP contribution in [0.2, 0.25) is 10.0 Å². The molecule has 0 aliphatic carbocycles. The quantitative estimate of drug-likeness (QED) is 0.0966. The first-order chi connectivity index (χ1) is 17.2. The van der Waals surface area contributed by atoms with Gasteiger partial charge in [0.15, 0.2) is 6.33 Å². The van der Waals surface area contributed by atoms with Gasteiger partial charge >= 0.3 is 64.8 Å². The summed E-state index contributed by atoms with van der Waals surface area (Å²) in [6.45, 7) is -0.739. The Labute approximate surface area is 273 Å². The molecule has 4 atom stereocenters. The van der Waals surface area contributed by atoms with Gasteiger partial charge in [-0.15, -0.1) is 0 Å². The monoisotopic (exact) mass is 627 g/mol. The Morgan fingerprint density at radius 1 is 1.28 bits per heavy atom. The number of carbonyl (C=O) groups is 1. The van der Waals surface area contributed by atoms with Crippen LogP contribution in [0.15, 0.2) is 29.3 Å². The molecule has 0 unspecified atom stereocenters. The van der Waals surface area contributed by atoms with Crippen LogP contribution in [0.3, 0.4) is 0 Å². The van der Waals surface area contributed by atoms with E-state index in [0.29, 0.717) is 15.6 Å². The number of imidazole rings is 1. The van der Waals surface area contributed by atoms with Gasteiger partial charge in [0.2, 0.25) is 17.9 Å². The van der Waals surface area contributed by atoms with Gasteiger partial charge in [-0.25, -0.2) is 4.57 Å². The molecule has 0 amide bonds. The minimum Gasteiger partial charge on any atom is -0.790 e. The van der Waals surface area contributed by atoms with Crippen LogP contribution >= 0.6 is 31.0 Å². The number of fused-ring (bicyclic) bond motifs is 1. The minimum atomic E-state index is -5.33. The topological polar surface area (TPSA) is 263 Å². The molecule has 1 aromatic carbocycles. The number of benzene rings is 1. The zero-order chi connectivity index (χ0) is 27.7. The van der Waals surface area contributed by atoms with E-state index in [1.807, 2.05) is 0 Å². The Morgan fingerprint density at radius 3 is 2.49 bits per heavy atom. The molecule has 21 heteroatoms. The van der Waals surface area contributed by atoms with Crippen molar-refractivity contribution < 1.29 is 113 Å². The number of nitrogens with zero attached hydrogens (tertiary/aromatic N) is 3. The van der Waals surface area contributed by atoms with Gasteiger partial charge in [-0.1, -0.05) is 28.2 Å². The summed E-state index contributed by atoms with van der Waals surface area (Å²) < 4.78 is 23.2. The molecule has 0 spiro atoms. The second kappa shape index (κ2) is 14.9. The van der Waals surface area contributed by atoms with Gasteiger partial charge in [-0.2, -0.15) is 0 Å². The number of carboxylic acid groups (broad SMARTS) is 2. The predicted molar refractivity (Wildman–Crippen MR) is 118 cm³/mol. The zero-order valence-electron chi connectivity index (χ0n) is 20.3. The number of ether oxygens (including phenoxy) is 1. The number of H-pyrrole nitrogens is 1. The number of nitrogen functional groups attached to an aromatic ring is 1. The number of hydrogen-bond acceptors (Lipinski definition) is 12. The molecule has 1 aliphatic heterocycles. The summed E-state index contributed by atoms with van der Waals surface area (Å²) in [5, 5.41) is 36.9. The van der Waals surface area contributed by atoms with Gasteiger partial charge in [0.05, 0.1) is 21.0 Å². The van der Waals surface area contributed by atoms with Crippen LogP contribution in [-0.4, -0.2) is 60.9 Å². The molecule has 39 heavy (non-hydrogen) atoms. The average molecular weight is 628 g/mol. The molecule has 3 heterocycles. The number of hydrogen-bond donors (Lipinski definition) is 5. The van der Waals surface area contributed by atoms with E-state index in [4.69, 9.17) is 48.7 Å². The van der Waals surface area contributed by atoms with E-state index in [1.165, 1.54) is 15.5 Å². The van der Waals surface area contributed by atoms with Gasteiger partial charge in [0.25, 0.3) is 11.5 Å². The molecule has 0 radical (unpaired) electrons. The summed E-state index contributed by atoms with van der Waals surface area (Å²) in [6, 6.07) is 4.81. The molecular weight excluding hydrogens is 610 g/mol. The number of phosphoric acid groups is 1. The Bertz CT molecular complexity index is 1420. The van der Waals surface area contributed by atoms with Crippen molar-refractivity contribution in [2.45, 2.75) is 31.1 Å². The molecule has 202 valence electrons. The minimum absolute atomic E-state index is 0. The third-order valence-corrected chi connectivity index (χ3v) is 6.12. The third kappa shape index (κ3) is 9.36. The number of anilines is 1. The summed E-state index contributed by atoms with van der Waals surface area (Å²) >= 11 is 12.3. The number of halogens is 2. The molecular formula is C18H18Cl2N5Na2O11P. The van der Waals surface area contributed by atoms with Crippen molar-refractivity contribution in [3.05, 3.63) is 50.5 Å².